The smallest absolute Gasteiger partial charge is 0.242 e. The van der Waals surface area contributed by atoms with Crippen LogP contribution in [0.2, 0.25) is 0 Å². The highest BCUT2D eigenvalue weighted by atomic mass is 79.9. The fourth-order valence-corrected chi connectivity index (χ4v) is 6.47. The quantitative estimate of drug-likeness (QED) is 0.773. The summed E-state index contributed by atoms with van der Waals surface area (Å²) in [4.78, 5) is 1.32. The minimum Gasteiger partial charge on any atom is -0.381 e. The summed E-state index contributed by atoms with van der Waals surface area (Å²) in [6.07, 6.45) is 1.80. The standard InChI is InChI=1S/C13H21BrN2O3S2/c1-9(10-3-5-19-6-4-10)16-21(17,18)12-7-11(8-15-2)20-13(12)14/h7,9-10,15-16H,3-6,8H2,1-2H3. The Hall–Kier alpha value is 0.01000. The maximum Gasteiger partial charge on any atom is 0.242 e. The zero-order chi connectivity index (χ0) is 15.5. The second-order valence-electron chi connectivity index (χ2n) is 5.24. The van der Waals surface area contributed by atoms with Gasteiger partial charge in [0.15, 0.2) is 0 Å². The number of halogens is 1. The van der Waals surface area contributed by atoms with E-state index in [4.69, 9.17) is 4.74 Å². The summed E-state index contributed by atoms with van der Waals surface area (Å²) in [6.45, 7) is 4.02. The van der Waals surface area contributed by atoms with Crippen LogP contribution in [0.4, 0.5) is 0 Å². The molecule has 1 aliphatic heterocycles. The monoisotopic (exact) mass is 396 g/mol. The van der Waals surface area contributed by atoms with Crippen LogP contribution in [0.15, 0.2) is 14.7 Å². The summed E-state index contributed by atoms with van der Waals surface area (Å²) < 4.78 is 33.9. The van der Waals surface area contributed by atoms with Gasteiger partial charge >= 0.3 is 0 Å². The first-order valence-electron chi connectivity index (χ1n) is 6.97. The highest BCUT2D eigenvalue weighted by Gasteiger charge is 2.27. The number of ether oxygens (including phenoxy) is 1. The SMILES string of the molecule is CNCc1cc(S(=O)(=O)NC(C)C2CCOCC2)c(Br)s1. The van der Waals surface area contributed by atoms with E-state index in [1.54, 1.807) is 6.07 Å². The molecule has 1 atom stereocenters. The minimum absolute atomic E-state index is 0.0848. The van der Waals surface area contributed by atoms with Crippen LogP contribution in [0.25, 0.3) is 0 Å². The number of nitrogens with one attached hydrogen (secondary N) is 2. The topological polar surface area (TPSA) is 67.4 Å². The first kappa shape index (κ1) is 17.4. The molecule has 1 aromatic heterocycles. The molecule has 2 N–H and O–H groups in total. The predicted molar refractivity (Wildman–Crippen MR) is 88.1 cm³/mol. The van der Waals surface area contributed by atoms with Gasteiger partial charge in [-0.2, -0.15) is 0 Å². The van der Waals surface area contributed by atoms with E-state index in [1.165, 1.54) is 11.3 Å². The van der Waals surface area contributed by atoms with E-state index in [0.717, 1.165) is 17.7 Å². The molecule has 0 spiro atoms. The van der Waals surface area contributed by atoms with Crippen LogP contribution in [-0.4, -0.2) is 34.7 Å². The van der Waals surface area contributed by atoms with E-state index in [2.05, 4.69) is 26.0 Å². The molecule has 0 amide bonds. The fraction of sp³-hybridized carbons (Fsp3) is 0.692. The molecule has 2 rings (SSSR count). The Kier molecular flexibility index (Phi) is 6.22. The summed E-state index contributed by atoms with van der Waals surface area (Å²) in [7, 11) is -1.65. The molecule has 1 aromatic rings. The third kappa shape index (κ3) is 4.49. The fourth-order valence-electron chi connectivity index (χ4n) is 2.46. The molecular formula is C13H21BrN2O3S2. The van der Waals surface area contributed by atoms with E-state index < -0.39 is 10.0 Å². The van der Waals surface area contributed by atoms with Gasteiger partial charge < -0.3 is 10.1 Å². The van der Waals surface area contributed by atoms with Gasteiger partial charge in [-0.25, -0.2) is 13.1 Å². The van der Waals surface area contributed by atoms with E-state index in [-0.39, 0.29) is 6.04 Å². The lowest BCUT2D eigenvalue weighted by molar-refractivity contribution is 0.0585. The van der Waals surface area contributed by atoms with Gasteiger partial charge in [0.25, 0.3) is 0 Å². The normalized spacial score (nSPS) is 18.8. The molecule has 0 aromatic carbocycles. The molecule has 21 heavy (non-hydrogen) atoms. The third-order valence-corrected chi connectivity index (χ3v) is 7.47. The molecule has 2 heterocycles. The van der Waals surface area contributed by atoms with Gasteiger partial charge in [-0.05, 0) is 54.7 Å². The second kappa shape index (κ2) is 7.52. The van der Waals surface area contributed by atoms with Gasteiger partial charge in [-0.1, -0.05) is 0 Å². The molecule has 1 aliphatic rings. The molecule has 1 unspecified atom stereocenters. The third-order valence-electron chi connectivity index (χ3n) is 3.66. The molecule has 120 valence electrons. The summed E-state index contributed by atoms with van der Waals surface area (Å²) >= 11 is 4.80. The van der Waals surface area contributed by atoms with Crippen molar-refractivity contribution in [1.82, 2.24) is 10.0 Å². The Balaban J connectivity index is 2.10. The Morgan fingerprint density at radius 2 is 2.14 bits per heavy atom. The molecule has 1 fully saturated rings. The van der Waals surface area contributed by atoms with Gasteiger partial charge in [0, 0.05) is 30.7 Å². The average molecular weight is 397 g/mol. The van der Waals surface area contributed by atoms with Crippen molar-refractivity contribution in [1.29, 1.82) is 0 Å². The Labute approximate surface area is 138 Å². The average Bonchev–Trinajstić information content (AvgIpc) is 2.81. The van der Waals surface area contributed by atoms with Crippen LogP contribution >= 0.6 is 27.3 Å². The van der Waals surface area contributed by atoms with Crippen molar-refractivity contribution in [2.75, 3.05) is 20.3 Å². The molecule has 8 heteroatoms. The first-order chi connectivity index (χ1) is 9.94. The van der Waals surface area contributed by atoms with E-state index >= 15 is 0 Å². The maximum atomic E-state index is 12.5. The van der Waals surface area contributed by atoms with Gasteiger partial charge in [0.1, 0.15) is 4.90 Å². The van der Waals surface area contributed by atoms with Crippen LogP contribution in [0.1, 0.15) is 24.6 Å². The maximum absolute atomic E-state index is 12.5. The Morgan fingerprint density at radius 3 is 2.76 bits per heavy atom. The highest BCUT2D eigenvalue weighted by molar-refractivity contribution is 9.11. The highest BCUT2D eigenvalue weighted by Crippen LogP contribution is 2.32. The van der Waals surface area contributed by atoms with Crippen LogP contribution in [0.5, 0.6) is 0 Å². The number of rotatable bonds is 6. The second-order valence-corrected chi connectivity index (χ2v) is 9.38. The summed E-state index contributed by atoms with van der Waals surface area (Å²) in [5.74, 6) is 0.336. The molecule has 1 saturated heterocycles. The summed E-state index contributed by atoms with van der Waals surface area (Å²) in [5.41, 5.74) is 0. The van der Waals surface area contributed by atoms with Crippen molar-refractivity contribution in [2.45, 2.75) is 37.2 Å². The van der Waals surface area contributed by atoms with Crippen LogP contribution < -0.4 is 10.0 Å². The lowest BCUT2D eigenvalue weighted by atomic mass is 9.94. The van der Waals surface area contributed by atoms with Crippen molar-refractivity contribution < 1.29 is 13.2 Å². The summed E-state index contributed by atoms with van der Waals surface area (Å²) in [5, 5.41) is 3.03. The van der Waals surface area contributed by atoms with E-state index in [9.17, 15) is 8.42 Å². The van der Waals surface area contributed by atoms with Gasteiger partial charge in [-0.3, -0.25) is 0 Å². The van der Waals surface area contributed by atoms with Crippen LogP contribution in [-0.2, 0) is 21.3 Å². The molecule has 0 bridgehead atoms. The number of sulfonamides is 1. The van der Waals surface area contributed by atoms with E-state index in [1.807, 2.05) is 14.0 Å². The first-order valence-corrected chi connectivity index (χ1v) is 10.1. The minimum atomic E-state index is -3.49. The molecule has 0 saturated carbocycles. The predicted octanol–water partition coefficient (Wildman–Crippen LogP) is 2.32. The van der Waals surface area contributed by atoms with Crippen molar-refractivity contribution >= 4 is 37.3 Å². The van der Waals surface area contributed by atoms with Crippen molar-refractivity contribution in [3.8, 4) is 0 Å². The van der Waals surface area contributed by atoms with Crippen LogP contribution in [0.3, 0.4) is 0 Å². The van der Waals surface area contributed by atoms with Gasteiger partial charge in [0.05, 0.1) is 3.79 Å². The molecule has 5 nitrogen and oxygen atoms in total. The largest absolute Gasteiger partial charge is 0.381 e. The Morgan fingerprint density at radius 1 is 1.48 bits per heavy atom. The Bertz CT molecular complexity index is 568. The lowest BCUT2D eigenvalue weighted by Gasteiger charge is -2.28. The number of thiophene rings is 1. The van der Waals surface area contributed by atoms with Gasteiger partial charge in [-0.15, -0.1) is 11.3 Å². The molecule has 0 aliphatic carbocycles. The van der Waals surface area contributed by atoms with Crippen molar-refractivity contribution in [2.24, 2.45) is 5.92 Å². The molecule has 0 radical (unpaired) electrons. The summed E-state index contributed by atoms with van der Waals surface area (Å²) in [6, 6.07) is 1.64. The van der Waals surface area contributed by atoms with E-state index in [0.29, 0.717) is 34.4 Å². The van der Waals surface area contributed by atoms with Crippen molar-refractivity contribution in [3.63, 3.8) is 0 Å². The lowest BCUT2D eigenvalue weighted by Crippen LogP contribution is -2.40. The zero-order valence-corrected chi connectivity index (χ0v) is 15.4. The van der Waals surface area contributed by atoms with Crippen LogP contribution in [0, 0.1) is 5.92 Å². The van der Waals surface area contributed by atoms with Gasteiger partial charge in [0.2, 0.25) is 10.0 Å². The molecular weight excluding hydrogens is 376 g/mol. The number of hydrogen-bond acceptors (Lipinski definition) is 5. The zero-order valence-electron chi connectivity index (χ0n) is 12.2. The number of hydrogen-bond donors (Lipinski definition) is 2. The van der Waals surface area contributed by atoms with Crippen molar-refractivity contribution in [3.05, 3.63) is 14.7 Å².